The van der Waals surface area contributed by atoms with E-state index in [0.717, 1.165) is 5.39 Å². The molecule has 28 heavy (non-hydrogen) atoms. The highest BCUT2D eigenvalue weighted by Gasteiger charge is 2.30. The molecule has 0 unspecified atom stereocenters. The molecule has 7 heteroatoms. The molecule has 138 valence electrons. The smallest absolute Gasteiger partial charge is 0.277 e. The fourth-order valence-electron chi connectivity index (χ4n) is 3.24. The van der Waals surface area contributed by atoms with Gasteiger partial charge in [0.2, 0.25) is 0 Å². The highest BCUT2D eigenvalue weighted by molar-refractivity contribution is 5.86. The fraction of sp³-hybridized carbons (Fsp3) is 0.0476. The Morgan fingerprint density at radius 2 is 1.82 bits per heavy atom. The number of aromatic amines is 1. The van der Waals surface area contributed by atoms with Gasteiger partial charge in [-0.2, -0.15) is 0 Å². The molecule has 1 atom stereocenters. The van der Waals surface area contributed by atoms with Crippen LogP contribution in [-0.4, -0.2) is 15.0 Å². The van der Waals surface area contributed by atoms with Crippen LogP contribution < -0.4 is 10.3 Å². The number of hydrogen-bond donors (Lipinski definition) is 2. The number of rotatable bonds is 5. The molecule has 0 aliphatic carbocycles. The monoisotopic (exact) mass is 373 g/mol. The standard InChI is InChI=1S/C21H16N4O3/c26-21-16(11-10-14-6-5-13-23-19(14)21)20(24-18-9-3-4-12-22-18)15-7-1-2-8-17(15)25(27)28/h1-13,20,26H,(H,22,24)/p+1/t20-/m0/s1. The Labute approximate surface area is 160 Å². The van der Waals surface area contributed by atoms with Gasteiger partial charge in [-0.25, -0.2) is 4.98 Å². The van der Waals surface area contributed by atoms with Crippen LogP contribution >= 0.6 is 0 Å². The zero-order chi connectivity index (χ0) is 19.5. The first-order valence-electron chi connectivity index (χ1n) is 8.68. The molecule has 2 heterocycles. The van der Waals surface area contributed by atoms with E-state index in [9.17, 15) is 15.2 Å². The molecular formula is C21H17N4O3+. The second-order valence-electron chi connectivity index (χ2n) is 6.25. The summed E-state index contributed by atoms with van der Waals surface area (Å²) in [5, 5.41) is 26.6. The second kappa shape index (κ2) is 7.32. The summed E-state index contributed by atoms with van der Waals surface area (Å²) < 4.78 is 0. The summed E-state index contributed by atoms with van der Waals surface area (Å²) in [5.41, 5.74) is 1.35. The van der Waals surface area contributed by atoms with Gasteiger partial charge in [0.25, 0.3) is 11.5 Å². The van der Waals surface area contributed by atoms with E-state index in [2.05, 4.69) is 15.3 Å². The van der Waals surface area contributed by atoms with Crippen molar-refractivity contribution in [1.29, 1.82) is 0 Å². The summed E-state index contributed by atoms with van der Waals surface area (Å²) in [6.45, 7) is 0. The van der Waals surface area contributed by atoms with E-state index in [4.69, 9.17) is 0 Å². The third-order valence-electron chi connectivity index (χ3n) is 4.54. The summed E-state index contributed by atoms with van der Waals surface area (Å²) in [5.74, 6) is 0.649. The zero-order valence-corrected chi connectivity index (χ0v) is 14.7. The van der Waals surface area contributed by atoms with Gasteiger partial charge >= 0.3 is 0 Å². The van der Waals surface area contributed by atoms with Crippen LogP contribution in [0.1, 0.15) is 17.2 Å². The van der Waals surface area contributed by atoms with Gasteiger partial charge in [-0.3, -0.25) is 20.4 Å². The van der Waals surface area contributed by atoms with Crippen LogP contribution in [0.4, 0.5) is 11.5 Å². The van der Waals surface area contributed by atoms with Crippen molar-refractivity contribution in [3.63, 3.8) is 0 Å². The van der Waals surface area contributed by atoms with Gasteiger partial charge in [0.1, 0.15) is 11.3 Å². The van der Waals surface area contributed by atoms with Crippen LogP contribution in [0.3, 0.4) is 0 Å². The highest BCUT2D eigenvalue weighted by Crippen LogP contribution is 2.38. The number of pyridine rings is 2. The van der Waals surface area contributed by atoms with Crippen LogP contribution in [-0.2, 0) is 0 Å². The SMILES string of the molecule is O=[N+]([O-])c1ccccc1[C@H](Nc1cccc[nH+]1)c1ccc2cccnc2c1O. The number of phenols is 1. The number of H-pyrrole nitrogens is 1. The molecule has 2 aromatic carbocycles. The lowest BCUT2D eigenvalue weighted by molar-refractivity contribution is -0.385. The molecule has 0 fully saturated rings. The minimum Gasteiger partial charge on any atom is -0.505 e. The van der Waals surface area contributed by atoms with E-state index in [1.165, 1.54) is 6.07 Å². The number of fused-ring (bicyclic) bond motifs is 1. The maximum Gasteiger partial charge on any atom is 0.277 e. The maximum absolute atomic E-state index is 11.6. The number of phenolic OH excluding ortho intramolecular Hbond substituents is 1. The van der Waals surface area contributed by atoms with E-state index in [1.54, 1.807) is 42.7 Å². The number of hydrogen-bond acceptors (Lipinski definition) is 5. The van der Waals surface area contributed by atoms with Gasteiger partial charge in [0.05, 0.1) is 16.7 Å². The van der Waals surface area contributed by atoms with Crippen molar-refractivity contribution in [2.75, 3.05) is 5.32 Å². The summed E-state index contributed by atoms with van der Waals surface area (Å²) in [4.78, 5) is 18.5. The van der Waals surface area contributed by atoms with E-state index in [1.807, 2.05) is 30.3 Å². The molecule has 0 saturated heterocycles. The van der Waals surface area contributed by atoms with Crippen molar-refractivity contribution in [2.45, 2.75) is 6.04 Å². The summed E-state index contributed by atoms with van der Waals surface area (Å²) in [7, 11) is 0. The van der Waals surface area contributed by atoms with Crippen LogP contribution in [0.2, 0.25) is 0 Å². The Hall–Kier alpha value is -4.00. The summed E-state index contributed by atoms with van der Waals surface area (Å²) in [6, 6.07) is 18.6. The lowest BCUT2D eigenvalue weighted by atomic mass is 9.95. The first kappa shape index (κ1) is 17.4. The molecular weight excluding hydrogens is 356 g/mol. The molecule has 0 bridgehead atoms. The van der Waals surface area contributed by atoms with E-state index >= 15 is 0 Å². The number of aromatic hydroxyl groups is 1. The van der Waals surface area contributed by atoms with E-state index < -0.39 is 11.0 Å². The zero-order valence-electron chi connectivity index (χ0n) is 14.7. The van der Waals surface area contributed by atoms with Crippen molar-refractivity contribution >= 4 is 22.4 Å². The molecule has 0 saturated carbocycles. The van der Waals surface area contributed by atoms with Crippen LogP contribution in [0.25, 0.3) is 10.9 Å². The van der Waals surface area contributed by atoms with Crippen molar-refractivity contribution < 1.29 is 15.0 Å². The first-order chi connectivity index (χ1) is 13.6. The summed E-state index contributed by atoms with van der Waals surface area (Å²) in [6.07, 6.45) is 3.35. The Morgan fingerprint density at radius 1 is 1.00 bits per heavy atom. The van der Waals surface area contributed by atoms with Crippen LogP contribution in [0, 0.1) is 10.1 Å². The molecule has 0 aliphatic rings. The molecule has 4 rings (SSSR count). The van der Waals surface area contributed by atoms with Gasteiger partial charge in [0, 0.05) is 29.3 Å². The molecule has 4 aromatic rings. The third kappa shape index (κ3) is 3.21. The Morgan fingerprint density at radius 3 is 2.61 bits per heavy atom. The number of nitrogens with zero attached hydrogens (tertiary/aromatic N) is 2. The number of nitro groups is 1. The van der Waals surface area contributed by atoms with Crippen LogP contribution in [0.15, 0.2) is 79.1 Å². The number of anilines is 1. The Balaban J connectivity index is 1.92. The third-order valence-corrected chi connectivity index (χ3v) is 4.54. The maximum atomic E-state index is 11.6. The lowest BCUT2D eigenvalue weighted by Gasteiger charge is -2.17. The van der Waals surface area contributed by atoms with Gasteiger partial charge in [0.15, 0.2) is 6.04 Å². The van der Waals surface area contributed by atoms with Gasteiger partial charge < -0.3 is 5.11 Å². The topological polar surface area (TPSA) is 102 Å². The summed E-state index contributed by atoms with van der Waals surface area (Å²) >= 11 is 0. The quantitative estimate of drug-likeness (QED) is 0.408. The molecule has 0 radical (unpaired) electrons. The molecule has 7 nitrogen and oxygen atoms in total. The van der Waals surface area contributed by atoms with Crippen molar-refractivity contribution in [2.24, 2.45) is 0 Å². The highest BCUT2D eigenvalue weighted by atomic mass is 16.6. The predicted octanol–water partition coefficient (Wildman–Crippen LogP) is 3.86. The Bertz CT molecular complexity index is 1150. The van der Waals surface area contributed by atoms with Gasteiger partial charge in [-0.05, 0) is 24.3 Å². The van der Waals surface area contributed by atoms with Gasteiger partial charge in [-0.15, -0.1) is 0 Å². The largest absolute Gasteiger partial charge is 0.505 e. The number of para-hydroxylation sites is 1. The average Bonchev–Trinajstić information content (AvgIpc) is 2.74. The number of nitrogens with one attached hydrogen (secondary N) is 2. The lowest BCUT2D eigenvalue weighted by Crippen LogP contribution is -2.19. The first-order valence-corrected chi connectivity index (χ1v) is 8.68. The Kier molecular flexibility index (Phi) is 4.55. The van der Waals surface area contributed by atoms with Crippen molar-refractivity contribution in [3.8, 4) is 5.75 Å². The average molecular weight is 373 g/mol. The second-order valence-corrected chi connectivity index (χ2v) is 6.25. The molecule has 3 N–H and O–H groups in total. The van der Waals surface area contributed by atoms with E-state index in [0.29, 0.717) is 22.5 Å². The van der Waals surface area contributed by atoms with Crippen LogP contribution in [0.5, 0.6) is 5.75 Å². The number of aromatic nitrogens is 2. The molecule has 2 aromatic heterocycles. The minimum atomic E-state index is -0.661. The number of benzene rings is 2. The van der Waals surface area contributed by atoms with Crippen molar-refractivity contribution in [1.82, 2.24) is 4.98 Å². The molecule has 0 aliphatic heterocycles. The fourth-order valence-corrected chi connectivity index (χ4v) is 3.24. The molecule has 0 amide bonds. The number of nitro benzene ring substituents is 1. The minimum absolute atomic E-state index is 0.00955. The normalized spacial score (nSPS) is 11.9. The van der Waals surface area contributed by atoms with E-state index in [-0.39, 0.29) is 11.4 Å². The van der Waals surface area contributed by atoms with Gasteiger partial charge in [-0.1, -0.05) is 30.3 Å². The molecule has 0 spiro atoms. The predicted molar refractivity (Wildman–Crippen MR) is 105 cm³/mol. The van der Waals surface area contributed by atoms with Crippen molar-refractivity contribution in [3.05, 3.63) is 100 Å².